The third-order valence-corrected chi connectivity index (χ3v) is 8.83. The van der Waals surface area contributed by atoms with E-state index in [9.17, 15) is 18.0 Å². The molecule has 1 heterocycles. The number of thioether (sulfide) groups is 1. The summed E-state index contributed by atoms with van der Waals surface area (Å²) in [7, 11) is -2.06. The molecule has 1 fully saturated rings. The van der Waals surface area contributed by atoms with Crippen LogP contribution in [0, 0.1) is 23.2 Å². The van der Waals surface area contributed by atoms with Crippen LogP contribution in [0.4, 0.5) is 0 Å². The number of nitriles is 1. The first-order valence-electron chi connectivity index (χ1n) is 10.7. The van der Waals surface area contributed by atoms with Crippen LogP contribution in [0.25, 0.3) is 0 Å². The highest BCUT2D eigenvalue weighted by Crippen LogP contribution is 2.37. The molecule has 0 spiro atoms. The van der Waals surface area contributed by atoms with Crippen LogP contribution < -0.4 is 10.6 Å². The van der Waals surface area contributed by atoms with Gasteiger partial charge < -0.3 is 15.1 Å². The topological polar surface area (TPSA) is 129 Å². The zero-order valence-electron chi connectivity index (χ0n) is 18.3. The van der Waals surface area contributed by atoms with Gasteiger partial charge in [0.2, 0.25) is 11.8 Å². The molecule has 1 aliphatic carbocycles. The first kappa shape index (κ1) is 24.9. The van der Waals surface area contributed by atoms with Gasteiger partial charge in [-0.15, -0.1) is 11.8 Å². The number of benzene rings is 1. The van der Waals surface area contributed by atoms with E-state index in [0.717, 1.165) is 17.7 Å². The van der Waals surface area contributed by atoms with Crippen molar-refractivity contribution >= 4 is 33.4 Å². The van der Waals surface area contributed by atoms with E-state index >= 15 is 0 Å². The van der Waals surface area contributed by atoms with Crippen molar-refractivity contribution in [3.8, 4) is 6.07 Å². The largest absolute Gasteiger partial charge is 0.468 e. The Labute approximate surface area is 198 Å². The second-order valence-electron chi connectivity index (χ2n) is 7.91. The summed E-state index contributed by atoms with van der Waals surface area (Å²) in [5.74, 6) is -0.760. The summed E-state index contributed by atoms with van der Waals surface area (Å²) >= 11 is 1.27. The quantitative estimate of drug-likeness (QED) is 0.409. The lowest BCUT2D eigenvalue weighted by atomic mass is 9.80. The molecule has 0 radical (unpaired) electrons. The number of hydrogen-bond donors (Lipinski definition) is 2. The molecular weight excluding hydrogens is 462 g/mol. The van der Waals surface area contributed by atoms with E-state index in [1.54, 1.807) is 31.3 Å². The van der Waals surface area contributed by atoms with Crippen molar-refractivity contribution in [2.24, 2.45) is 11.8 Å². The van der Waals surface area contributed by atoms with Crippen LogP contribution in [0.3, 0.4) is 0 Å². The van der Waals surface area contributed by atoms with Gasteiger partial charge in [-0.2, -0.15) is 5.26 Å². The minimum absolute atomic E-state index is 0.0804. The number of sulfone groups is 1. The van der Waals surface area contributed by atoms with E-state index in [2.05, 4.69) is 10.6 Å². The number of likely N-dealkylation sites (N-methyl/N-ethyl adjacent to an activating group) is 1. The van der Waals surface area contributed by atoms with Crippen LogP contribution >= 0.6 is 11.8 Å². The fourth-order valence-corrected chi connectivity index (χ4v) is 6.81. The van der Waals surface area contributed by atoms with E-state index in [4.69, 9.17) is 9.68 Å². The van der Waals surface area contributed by atoms with Gasteiger partial charge in [0.05, 0.1) is 23.0 Å². The average Bonchev–Trinajstić information content (AvgIpc) is 3.35. The molecule has 2 aromatic rings. The maximum atomic E-state index is 13.1. The molecule has 8 nitrogen and oxygen atoms in total. The van der Waals surface area contributed by atoms with E-state index in [1.165, 1.54) is 30.2 Å². The van der Waals surface area contributed by atoms with Crippen molar-refractivity contribution in [1.29, 1.82) is 5.26 Å². The minimum Gasteiger partial charge on any atom is -0.468 e. The lowest BCUT2D eigenvalue weighted by molar-refractivity contribution is -0.127. The molecule has 1 aromatic heterocycles. The third-order valence-electron chi connectivity index (χ3n) is 5.74. The molecule has 1 aromatic carbocycles. The summed E-state index contributed by atoms with van der Waals surface area (Å²) in [6.45, 7) is -0.0804. The summed E-state index contributed by atoms with van der Waals surface area (Å²) in [6.07, 6.45) is 4.54. The fraction of sp³-hybridized carbons (Fsp3) is 0.435. The van der Waals surface area contributed by atoms with Crippen molar-refractivity contribution in [2.45, 2.75) is 40.7 Å². The lowest BCUT2D eigenvalue weighted by Crippen LogP contribution is -2.39. The summed E-state index contributed by atoms with van der Waals surface area (Å²) in [6, 6.07) is 11.7. The molecule has 3 unspecified atom stereocenters. The molecule has 0 aliphatic heterocycles. The predicted molar refractivity (Wildman–Crippen MR) is 124 cm³/mol. The first-order valence-corrected chi connectivity index (χ1v) is 13.3. The van der Waals surface area contributed by atoms with Crippen molar-refractivity contribution in [3.63, 3.8) is 0 Å². The number of nitrogens with zero attached hydrogens (tertiary/aromatic N) is 1. The van der Waals surface area contributed by atoms with Crippen molar-refractivity contribution in [3.05, 3.63) is 48.4 Å². The second-order valence-corrected chi connectivity index (χ2v) is 11.1. The zero-order valence-corrected chi connectivity index (χ0v) is 20.0. The maximum Gasteiger partial charge on any atom is 0.240 e. The molecule has 10 heteroatoms. The fourth-order valence-electron chi connectivity index (χ4n) is 4.06. The molecule has 2 amide bonds. The average molecular weight is 490 g/mol. The number of carbonyl (C=O) groups excluding carboxylic acids is 2. The summed E-state index contributed by atoms with van der Waals surface area (Å²) in [5.41, 5.74) is 0. The number of amides is 2. The van der Waals surface area contributed by atoms with Crippen LogP contribution in [-0.4, -0.2) is 39.6 Å². The van der Waals surface area contributed by atoms with Gasteiger partial charge in [-0.25, -0.2) is 8.42 Å². The first-order chi connectivity index (χ1) is 15.9. The number of nitrogens with one attached hydrogen (secondary N) is 2. The van der Waals surface area contributed by atoms with Gasteiger partial charge in [-0.05, 0) is 55.2 Å². The second kappa shape index (κ2) is 11.4. The van der Waals surface area contributed by atoms with Crippen molar-refractivity contribution in [2.75, 3.05) is 19.3 Å². The number of rotatable bonds is 9. The number of carbonyl (C=O) groups is 2. The highest BCUT2D eigenvalue weighted by Gasteiger charge is 2.34. The van der Waals surface area contributed by atoms with Gasteiger partial charge in [-0.1, -0.05) is 12.8 Å². The Kier molecular flexibility index (Phi) is 8.58. The highest BCUT2D eigenvalue weighted by molar-refractivity contribution is 8.00. The Balaban J connectivity index is 1.71. The normalized spacial score (nSPS) is 19.3. The van der Waals surface area contributed by atoms with Crippen LogP contribution in [0.15, 0.2) is 56.9 Å². The Hall–Kier alpha value is -2.77. The standard InChI is InChI=1S/C23H27N3O5S2/c1-25-23(28)21(20-7-4-14-31-20)32-17-8-10-18(11-9-17)33(29,30)15-16-5-2-3-6-19(16)22(27)26-13-12-24/h4,7-11,14,16,19,21H,2-3,5-6,13,15H2,1H3,(H,25,28)(H,26,27). The van der Waals surface area contributed by atoms with E-state index in [0.29, 0.717) is 18.6 Å². The maximum absolute atomic E-state index is 13.1. The van der Waals surface area contributed by atoms with E-state index in [-0.39, 0.29) is 34.9 Å². The Morgan fingerprint density at radius 1 is 1.21 bits per heavy atom. The molecule has 3 rings (SSSR count). The summed E-state index contributed by atoms with van der Waals surface area (Å²) in [5, 5.41) is 13.3. The van der Waals surface area contributed by atoms with Crippen LogP contribution in [0.2, 0.25) is 0 Å². The summed E-state index contributed by atoms with van der Waals surface area (Å²) < 4.78 is 31.6. The van der Waals surface area contributed by atoms with E-state index < -0.39 is 21.0 Å². The highest BCUT2D eigenvalue weighted by atomic mass is 32.2. The van der Waals surface area contributed by atoms with Gasteiger partial charge in [0.25, 0.3) is 0 Å². The Morgan fingerprint density at radius 2 is 1.94 bits per heavy atom. The van der Waals surface area contributed by atoms with Gasteiger partial charge >= 0.3 is 0 Å². The van der Waals surface area contributed by atoms with Crippen LogP contribution in [0.5, 0.6) is 0 Å². The van der Waals surface area contributed by atoms with Gasteiger partial charge in [-0.3, -0.25) is 9.59 Å². The Morgan fingerprint density at radius 3 is 2.58 bits per heavy atom. The monoisotopic (exact) mass is 489 g/mol. The molecule has 176 valence electrons. The molecule has 0 bridgehead atoms. The lowest BCUT2D eigenvalue weighted by Gasteiger charge is -2.30. The minimum atomic E-state index is -3.61. The molecule has 33 heavy (non-hydrogen) atoms. The third kappa shape index (κ3) is 6.39. The SMILES string of the molecule is CNC(=O)C(Sc1ccc(S(=O)(=O)CC2CCCCC2C(=O)NCC#N)cc1)c1ccco1. The predicted octanol–water partition coefficient (Wildman–Crippen LogP) is 3.08. The molecule has 0 saturated heterocycles. The van der Waals surface area contributed by atoms with Gasteiger partial charge in [0.1, 0.15) is 17.6 Å². The van der Waals surface area contributed by atoms with E-state index in [1.807, 2.05) is 6.07 Å². The molecular formula is C23H27N3O5S2. The molecule has 1 saturated carbocycles. The van der Waals surface area contributed by atoms with Crippen LogP contribution in [-0.2, 0) is 19.4 Å². The van der Waals surface area contributed by atoms with Crippen LogP contribution in [0.1, 0.15) is 36.7 Å². The number of hydrogen-bond acceptors (Lipinski definition) is 7. The van der Waals surface area contributed by atoms with Gasteiger partial charge in [0.15, 0.2) is 9.84 Å². The Bertz CT molecular complexity index is 1090. The molecule has 1 aliphatic rings. The summed E-state index contributed by atoms with van der Waals surface area (Å²) in [4.78, 5) is 25.6. The van der Waals surface area contributed by atoms with Crippen molar-refractivity contribution in [1.82, 2.24) is 10.6 Å². The molecule has 2 N–H and O–H groups in total. The zero-order chi connectivity index (χ0) is 23.8. The van der Waals surface area contributed by atoms with Gasteiger partial charge in [0, 0.05) is 17.9 Å². The van der Waals surface area contributed by atoms with Crippen molar-refractivity contribution < 1.29 is 22.4 Å². The smallest absolute Gasteiger partial charge is 0.240 e. The molecule has 3 atom stereocenters. The number of furan rings is 1.